The lowest BCUT2D eigenvalue weighted by atomic mass is 10.2. The van der Waals surface area contributed by atoms with Crippen LogP contribution in [0.4, 0.5) is 5.69 Å². The molecule has 1 aromatic rings. The van der Waals surface area contributed by atoms with Crippen LogP contribution >= 0.6 is 23.2 Å². The lowest BCUT2D eigenvalue weighted by molar-refractivity contribution is -0.116. The van der Waals surface area contributed by atoms with Gasteiger partial charge in [-0.3, -0.25) is 4.79 Å². The molecule has 0 aliphatic heterocycles. The first kappa shape index (κ1) is 12.3. The molecule has 1 amide bonds. The van der Waals surface area contributed by atoms with E-state index in [-0.39, 0.29) is 5.91 Å². The summed E-state index contributed by atoms with van der Waals surface area (Å²) in [6.45, 7) is 1.87. The molecule has 0 fully saturated rings. The number of hydrogen-bond acceptors (Lipinski definition) is 2. The number of hydrogen-bond donors (Lipinski definition) is 1. The minimum absolute atomic E-state index is 0.0892. The van der Waals surface area contributed by atoms with Crippen molar-refractivity contribution in [1.29, 1.82) is 0 Å². The molecule has 5 heteroatoms. The third-order valence-electron chi connectivity index (χ3n) is 1.91. The van der Waals surface area contributed by atoms with Crippen LogP contribution in [0.15, 0.2) is 12.3 Å². The fourth-order valence-corrected chi connectivity index (χ4v) is 1.49. The first-order chi connectivity index (χ1) is 7.15. The molecule has 15 heavy (non-hydrogen) atoms. The van der Waals surface area contributed by atoms with Crippen LogP contribution in [0.1, 0.15) is 18.4 Å². The van der Waals surface area contributed by atoms with Crippen molar-refractivity contribution >= 4 is 34.8 Å². The number of carbonyl (C=O) groups is 1. The quantitative estimate of drug-likeness (QED) is 0.656. The Labute approximate surface area is 98.8 Å². The summed E-state index contributed by atoms with van der Waals surface area (Å²) in [5.41, 5.74) is 1.48. The van der Waals surface area contributed by atoms with E-state index < -0.39 is 0 Å². The minimum atomic E-state index is -0.0892. The van der Waals surface area contributed by atoms with Crippen LogP contribution in [0, 0.1) is 6.92 Å². The molecule has 0 aliphatic carbocycles. The van der Waals surface area contributed by atoms with Gasteiger partial charge in [0.15, 0.2) is 5.15 Å². The standard InChI is InChI=1S/C10H12Cl2N2O/c1-7-4-6-13-10(12)9(7)14-8(15)3-2-5-11/h4,6H,2-3,5H2,1H3,(H,14,15). The van der Waals surface area contributed by atoms with E-state index in [1.807, 2.05) is 6.92 Å². The smallest absolute Gasteiger partial charge is 0.224 e. The summed E-state index contributed by atoms with van der Waals surface area (Å²) in [5, 5.41) is 3.04. The van der Waals surface area contributed by atoms with Crippen molar-refractivity contribution < 1.29 is 4.79 Å². The molecule has 1 heterocycles. The zero-order chi connectivity index (χ0) is 11.3. The van der Waals surface area contributed by atoms with Crippen molar-refractivity contribution in [3.8, 4) is 0 Å². The molecule has 0 saturated heterocycles. The SMILES string of the molecule is Cc1ccnc(Cl)c1NC(=O)CCCCl. The highest BCUT2D eigenvalue weighted by molar-refractivity contribution is 6.32. The van der Waals surface area contributed by atoms with Gasteiger partial charge in [-0.25, -0.2) is 4.98 Å². The molecule has 0 aliphatic rings. The van der Waals surface area contributed by atoms with Gasteiger partial charge in [-0.1, -0.05) is 11.6 Å². The van der Waals surface area contributed by atoms with Gasteiger partial charge in [-0.2, -0.15) is 0 Å². The van der Waals surface area contributed by atoms with Crippen molar-refractivity contribution in [3.05, 3.63) is 23.0 Å². The van der Waals surface area contributed by atoms with E-state index in [1.165, 1.54) is 0 Å². The Balaban J connectivity index is 2.68. The zero-order valence-corrected chi connectivity index (χ0v) is 9.90. The fraction of sp³-hybridized carbons (Fsp3) is 0.400. The maximum absolute atomic E-state index is 11.4. The van der Waals surface area contributed by atoms with Crippen molar-refractivity contribution in [2.24, 2.45) is 0 Å². The number of aryl methyl sites for hydroxylation is 1. The van der Waals surface area contributed by atoms with Crippen LogP contribution in [0.3, 0.4) is 0 Å². The second-order valence-electron chi connectivity index (χ2n) is 3.13. The van der Waals surface area contributed by atoms with Crippen molar-refractivity contribution in [1.82, 2.24) is 4.98 Å². The number of carbonyl (C=O) groups excluding carboxylic acids is 1. The van der Waals surface area contributed by atoms with Gasteiger partial charge in [0.1, 0.15) is 0 Å². The van der Waals surface area contributed by atoms with Crippen LogP contribution < -0.4 is 5.32 Å². The number of nitrogens with one attached hydrogen (secondary N) is 1. The van der Waals surface area contributed by atoms with Gasteiger partial charge in [0.05, 0.1) is 5.69 Å². The highest BCUT2D eigenvalue weighted by Gasteiger charge is 2.08. The van der Waals surface area contributed by atoms with Crippen molar-refractivity contribution in [2.75, 3.05) is 11.2 Å². The van der Waals surface area contributed by atoms with Crippen LogP contribution in [-0.2, 0) is 4.79 Å². The Kier molecular flexibility index (Phi) is 4.85. The summed E-state index contributed by atoms with van der Waals surface area (Å²) in [5.74, 6) is 0.390. The second kappa shape index (κ2) is 5.93. The van der Waals surface area contributed by atoms with Gasteiger partial charge < -0.3 is 5.32 Å². The normalized spacial score (nSPS) is 10.1. The number of anilines is 1. The van der Waals surface area contributed by atoms with Gasteiger partial charge in [-0.05, 0) is 25.0 Å². The highest BCUT2D eigenvalue weighted by atomic mass is 35.5. The van der Waals surface area contributed by atoms with E-state index in [0.29, 0.717) is 29.6 Å². The molecular weight excluding hydrogens is 235 g/mol. The summed E-state index contributed by atoms with van der Waals surface area (Å²) in [4.78, 5) is 15.3. The van der Waals surface area contributed by atoms with E-state index in [1.54, 1.807) is 12.3 Å². The summed E-state index contributed by atoms with van der Waals surface area (Å²) >= 11 is 11.3. The third kappa shape index (κ3) is 3.68. The molecule has 82 valence electrons. The van der Waals surface area contributed by atoms with E-state index in [9.17, 15) is 4.79 Å². The third-order valence-corrected chi connectivity index (χ3v) is 2.47. The largest absolute Gasteiger partial charge is 0.323 e. The molecule has 1 rings (SSSR count). The molecule has 0 bridgehead atoms. The Morgan fingerprint density at radius 3 is 2.93 bits per heavy atom. The molecule has 0 radical (unpaired) electrons. The van der Waals surface area contributed by atoms with E-state index >= 15 is 0 Å². The zero-order valence-electron chi connectivity index (χ0n) is 8.39. The molecule has 0 spiro atoms. The molecule has 1 aromatic heterocycles. The minimum Gasteiger partial charge on any atom is -0.323 e. The summed E-state index contributed by atoms with van der Waals surface area (Å²) in [7, 11) is 0. The van der Waals surface area contributed by atoms with Gasteiger partial charge in [0.2, 0.25) is 5.91 Å². The second-order valence-corrected chi connectivity index (χ2v) is 3.87. The van der Waals surface area contributed by atoms with Crippen molar-refractivity contribution in [3.63, 3.8) is 0 Å². The monoisotopic (exact) mass is 246 g/mol. The summed E-state index contributed by atoms with van der Waals surface area (Å²) < 4.78 is 0. The highest BCUT2D eigenvalue weighted by Crippen LogP contribution is 2.22. The van der Waals surface area contributed by atoms with Crippen LogP contribution in [0.25, 0.3) is 0 Å². The topological polar surface area (TPSA) is 42.0 Å². The molecule has 3 nitrogen and oxygen atoms in total. The molecule has 0 saturated carbocycles. The number of amides is 1. The molecule has 1 N–H and O–H groups in total. The van der Waals surface area contributed by atoms with Gasteiger partial charge >= 0.3 is 0 Å². The number of halogens is 2. The average molecular weight is 247 g/mol. The number of rotatable bonds is 4. The van der Waals surface area contributed by atoms with E-state index in [2.05, 4.69) is 10.3 Å². The van der Waals surface area contributed by atoms with Gasteiger partial charge in [0.25, 0.3) is 0 Å². The predicted molar refractivity (Wildman–Crippen MR) is 62.6 cm³/mol. The average Bonchev–Trinajstić information content (AvgIpc) is 2.21. The Bertz CT molecular complexity index is 335. The lowest BCUT2D eigenvalue weighted by Crippen LogP contribution is -2.13. The molecule has 0 atom stereocenters. The summed E-state index contributed by atoms with van der Waals surface area (Å²) in [6.07, 6.45) is 2.66. The number of nitrogens with zero attached hydrogens (tertiary/aromatic N) is 1. The first-order valence-corrected chi connectivity index (χ1v) is 5.53. The number of alkyl halides is 1. The maximum Gasteiger partial charge on any atom is 0.224 e. The van der Waals surface area contributed by atoms with Crippen LogP contribution in [0.5, 0.6) is 0 Å². The fourth-order valence-electron chi connectivity index (χ4n) is 1.10. The molecule has 0 unspecified atom stereocenters. The van der Waals surface area contributed by atoms with E-state index in [4.69, 9.17) is 23.2 Å². The van der Waals surface area contributed by atoms with Gasteiger partial charge in [-0.15, -0.1) is 11.6 Å². The predicted octanol–water partition coefficient (Wildman–Crippen LogP) is 3.00. The van der Waals surface area contributed by atoms with Crippen LogP contribution in [0.2, 0.25) is 5.15 Å². The molecule has 0 aromatic carbocycles. The Hall–Kier alpha value is -0.800. The Morgan fingerprint density at radius 2 is 2.33 bits per heavy atom. The summed E-state index contributed by atoms with van der Waals surface area (Å²) in [6, 6.07) is 1.79. The number of pyridine rings is 1. The lowest BCUT2D eigenvalue weighted by Gasteiger charge is -2.08. The maximum atomic E-state index is 11.4. The van der Waals surface area contributed by atoms with Crippen molar-refractivity contribution in [2.45, 2.75) is 19.8 Å². The first-order valence-electron chi connectivity index (χ1n) is 4.62. The van der Waals surface area contributed by atoms with Crippen LogP contribution in [-0.4, -0.2) is 16.8 Å². The Morgan fingerprint density at radius 1 is 1.60 bits per heavy atom. The number of aromatic nitrogens is 1. The van der Waals surface area contributed by atoms with Gasteiger partial charge in [0, 0.05) is 18.5 Å². The molecular formula is C10H12Cl2N2O. The van der Waals surface area contributed by atoms with E-state index in [0.717, 1.165) is 5.56 Å².